The summed E-state index contributed by atoms with van der Waals surface area (Å²) in [6, 6.07) is 8.24. The Labute approximate surface area is 138 Å². The molecule has 0 aliphatic heterocycles. The van der Waals surface area contributed by atoms with Crippen molar-refractivity contribution >= 4 is 0 Å². The number of phenols is 2. The molecule has 2 aromatic rings. The van der Waals surface area contributed by atoms with Crippen molar-refractivity contribution in [3.63, 3.8) is 0 Å². The lowest BCUT2D eigenvalue weighted by atomic mass is 9.71. The maximum atomic E-state index is 10.8. The lowest BCUT2D eigenvalue weighted by Gasteiger charge is -2.33. The van der Waals surface area contributed by atoms with Crippen LogP contribution in [0.3, 0.4) is 0 Å². The maximum Gasteiger partial charge on any atom is 0.122 e. The summed E-state index contributed by atoms with van der Waals surface area (Å²) in [6.07, 6.45) is 4.19. The fraction of sp³-hybridized carbons (Fsp3) is 0.429. The molecule has 1 saturated carbocycles. The predicted octanol–water partition coefficient (Wildman–Crippen LogP) is 5.19. The van der Waals surface area contributed by atoms with Crippen LogP contribution in [-0.2, 0) is 5.41 Å². The number of aryl methyl sites for hydroxylation is 4. The summed E-state index contributed by atoms with van der Waals surface area (Å²) in [7, 11) is 0. The summed E-state index contributed by atoms with van der Waals surface area (Å²) >= 11 is 0. The van der Waals surface area contributed by atoms with Crippen molar-refractivity contribution in [1.82, 2.24) is 0 Å². The molecule has 0 heterocycles. The Morgan fingerprint density at radius 1 is 0.696 bits per heavy atom. The molecule has 0 bridgehead atoms. The van der Waals surface area contributed by atoms with Crippen LogP contribution in [0.1, 0.15) is 59.1 Å². The highest BCUT2D eigenvalue weighted by molar-refractivity contribution is 5.57. The van der Waals surface area contributed by atoms with Crippen LogP contribution in [0.2, 0.25) is 0 Å². The second-order valence-corrected chi connectivity index (χ2v) is 7.25. The zero-order valence-electron chi connectivity index (χ0n) is 14.5. The van der Waals surface area contributed by atoms with Gasteiger partial charge in [-0.1, -0.05) is 48.2 Å². The molecule has 0 atom stereocenters. The third-order valence-corrected chi connectivity index (χ3v) is 5.38. The predicted molar refractivity (Wildman–Crippen MR) is 94.4 cm³/mol. The van der Waals surface area contributed by atoms with Crippen molar-refractivity contribution < 1.29 is 10.2 Å². The average Bonchev–Trinajstić information content (AvgIpc) is 2.97. The zero-order valence-corrected chi connectivity index (χ0v) is 14.5. The SMILES string of the molecule is Cc1cc(C)c(O)c(C2(c3cc(C)cc(C)c3O)CCCC2)c1. The molecule has 2 N–H and O–H groups in total. The molecule has 0 aromatic heterocycles. The van der Waals surface area contributed by atoms with Crippen molar-refractivity contribution in [2.45, 2.75) is 58.8 Å². The van der Waals surface area contributed by atoms with Gasteiger partial charge < -0.3 is 10.2 Å². The summed E-state index contributed by atoms with van der Waals surface area (Å²) in [4.78, 5) is 0. The van der Waals surface area contributed by atoms with E-state index < -0.39 is 0 Å². The normalized spacial score (nSPS) is 16.7. The van der Waals surface area contributed by atoms with Gasteiger partial charge in [0.1, 0.15) is 11.5 Å². The van der Waals surface area contributed by atoms with Crippen molar-refractivity contribution in [2.24, 2.45) is 0 Å². The van der Waals surface area contributed by atoms with E-state index in [1.165, 1.54) is 0 Å². The third-order valence-electron chi connectivity index (χ3n) is 5.38. The van der Waals surface area contributed by atoms with Gasteiger partial charge in [0.2, 0.25) is 0 Å². The average molecular weight is 310 g/mol. The smallest absolute Gasteiger partial charge is 0.122 e. The molecule has 2 nitrogen and oxygen atoms in total. The number of hydrogen-bond acceptors (Lipinski definition) is 2. The molecule has 1 aliphatic carbocycles. The van der Waals surface area contributed by atoms with Crippen LogP contribution >= 0.6 is 0 Å². The molecule has 0 spiro atoms. The van der Waals surface area contributed by atoms with Crippen LogP contribution in [0.4, 0.5) is 0 Å². The van der Waals surface area contributed by atoms with Gasteiger partial charge in [-0.3, -0.25) is 0 Å². The van der Waals surface area contributed by atoms with Crippen molar-refractivity contribution in [1.29, 1.82) is 0 Å². The first kappa shape index (κ1) is 15.9. The molecule has 1 aliphatic rings. The third kappa shape index (κ3) is 2.50. The largest absolute Gasteiger partial charge is 0.507 e. The van der Waals surface area contributed by atoms with Gasteiger partial charge in [0, 0.05) is 16.5 Å². The quantitative estimate of drug-likeness (QED) is 0.801. The summed E-state index contributed by atoms with van der Waals surface area (Å²) in [5.74, 6) is 0.770. The van der Waals surface area contributed by atoms with Crippen LogP contribution in [0.5, 0.6) is 11.5 Å². The van der Waals surface area contributed by atoms with Crippen LogP contribution in [0.25, 0.3) is 0 Å². The monoisotopic (exact) mass is 310 g/mol. The number of phenolic OH excluding ortho intramolecular Hbond substituents is 2. The Balaban J connectivity index is 2.31. The van der Waals surface area contributed by atoms with Gasteiger partial charge in [0.25, 0.3) is 0 Å². The van der Waals surface area contributed by atoms with Gasteiger partial charge in [-0.05, 0) is 51.7 Å². The minimum absolute atomic E-state index is 0.276. The molecular formula is C21H26O2. The van der Waals surface area contributed by atoms with E-state index in [-0.39, 0.29) is 5.41 Å². The highest BCUT2D eigenvalue weighted by atomic mass is 16.3. The Morgan fingerprint density at radius 2 is 1.09 bits per heavy atom. The van der Waals surface area contributed by atoms with E-state index in [4.69, 9.17) is 0 Å². The number of benzene rings is 2. The summed E-state index contributed by atoms with van der Waals surface area (Å²) in [6.45, 7) is 8.05. The van der Waals surface area contributed by atoms with Crippen LogP contribution < -0.4 is 0 Å². The summed E-state index contributed by atoms with van der Waals surface area (Å²) in [5.41, 5.74) is 5.82. The fourth-order valence-electron chi connectivity index (χ4n) is 4.31. The van der Waals surface area contributed by atoms with E-state index in [1.807, 2.05) is 26.0 Å². The van der Waals surface area contributed by atoms with Gasteiger partial charge in [0.15, 0.2) is 0 Å². The first-order valence-corrected chi connectivity index (χ1v) is 8.46. The molecule has 122 valence electrons. The molecule has 0 radical (unpaired) electrons. The van der Waals surface area contributed by atoms with E-state index in [2.05, 4.69) is 26.0 Å². The second kappa shape index (κ2) is 5.59. The summed E-state index contributed by atoms with van der Waals surface area (Å²) < 4.78 is 0. The Kier molecular flexibility index (Phi) is 3.87. The Hall–Kier alpha value is -1.96. The lowest BCUT2D eigenvalue weighted by molar-refractivity contribution is 0.411. The Morgan fingerprint density at radius 3 is 1.48 bits per heavy atom. The lowest BCUT2D eigenvalue weighted by Crippen LogP contribution is -2.25. The van der Waals surface area contributed by atoms with Crippen molar-refractivity contribution in [3.8, 4) is 11.5 Å². The topological polar surface area (TPSA) is 40.5 Å². The van der Waals surface area contributed by atoms with Crippen LogP contribution in [0.15, 0.2) is 24.3 Å². The number of hydrogen-bond donors (Lipinski definition) is 2. The van der Waals surface area contributed by atoms with Gasteiger partial charge in [-0.25, -0.2) is 0 Å². The highest BCUT2D eigenvalue weighted by Crippen LogP contribution is 2.53. The first-order valence-electron chi connectivity index (χ1n) is 8.46. The highest BCUT2D eigenvalue weighted by Gasteiger charge is 2.41. The van der Waals surface area contributed by atoms with Crippen LogP contribution in [0, 0.1) is 27.7 Å². The van der Waals surface area contributed by atoms with Crippen LogP contribution in [-0.4, -0.2) is 10.2 Å². The van der Waals surface area contributed by atoms with E-state index in [1.54, 1.807) is 0 Å². The minimum Gasteiger partial charge on any atom is -0.507 e. The van der Waals surface area contributed by atoms with Gasteiger partial charge in [0.05, 0.1) is 0 Å². The van der Waals surface area contributed by atoms with E-state index in [0.29, 0.717) is 11.5 Å². The molecule has 23 heavy (non-hydrogen) atoms. The molecule has 2 aromatic carbocycles. The van der Waals surface area contributed by atoms with Gasteiger partial charge in [-0.15, -0.1) is 0 Å². The second-order valence-electron chi connectivity index (χ2n) is 7.25. The van der Waals surface area contributed by atoms with Gasteiger partial charge in [-0.2, -0.15) is 0 Å². The fourth-order valence-corrected chi connectivity index (χ4v) is 4.31. The van der Waals surface area contributed by atoms with Gasteiger partial charge >= 0.3 is 0 Å². The summed E-state index contributed by atoms with van der Waals surface area (Å²) in [5, 5.41) is 21.5. The number of rotatable bonds is 2. The zero-order chi connectivity index (χ0) is 16.8. The first-order chi connectivity index (χ1) is 10.8. The molecule has 0 unspecified atom stereocenters. The van der Waals surface area contributed by atoms with E-state index in [9.17, 15) is 10.2 Å². The molecule has 3 rings (SSSR count). The molecule has 0 amide bonds. The maximum absolute atomic E-state index is 10.8. The van der Waals surface area contributed by atoms with E-state index >= 15 is 0 Å². The molecule has 2 heteroatoms. The minimum atomic E-state index is -0.276. The number of aromatic hydroxyl groups is 2. The molecule has 0 saturated heterocycles. The molecular weight excluding hydrogens is 284 g/mol. The Bertz CT molecular complexity index is 693. The van der Waals surface area contributed by atoms with E-state index in [0.717, 1.165) is 59.1 Å². The molecule has 1 fully saturated rings. The van der Waals surface area contributed by atoms with Crippen molar-refractivity contribution in [2.75, 3.05) is 0 Å². The standard InChI is InChI=1S/C21H26O2/c1-13-9-15(3)19(22)17(11-13)21(7-5-6-8-21)18-12-14(2)10-16(4)20(18)23/h9-12,22-23H,5-8H2,1-4H3. The van der Waals surface area contributed by atoms with Crippen molar-refractivity contribution in [3.05, 3.63) is 57.6 Å².